The van der Waals surface area contributed by atoms with Crippen molar-refractivity contribution in [3.05, 3.63) is 24.3 Å². The maximum absolute atomic E-state index is 12.2. The van der Waals surface area contributed by atoms with Crippen molar-refractivity contribution in [2.45, 2.75) is 22.6 Å². The van der Waals surface area contributed by atoms with Crippen LogP contribution in [-0.4, -0.2) is 34.5 Å². The molecule has 1 aliphatic rings. The van der Waals surface area contributed by atoms with Crippen molar-refractivity contribution in [1.29, 1.82) is 0 Å². The molecule has 1 aromatic carbocycles. The van der Waals surface area contributed by atoms with E-state index in [0.717, 1.165) is 17.0 Å². The number of primary sulfonamides is 1. The Morgan fingerprint density at radius 2 is 1.79 bits per heavy atom. The maximum Gasteiger partial charge on any atom is 0.265 e. The Bertz CT molecular complexity index is 663. The number of benzene rings is 1. The van der Waals surface area contributed by atoms with Gasteiger partial charge in [-0.15, -0.1) is 0 Å². The number of sulfonamides is 2. The van der Waals surface area contributed by atoms with Gasteiger partial charge < -0.3 is 0 Å². The minimum Gasteiger partial charge on any atom is -0.284 e. The Kier molecular flexibility index (Phi) is 3.92. The van der Waals surface area contributed by atoms with Crippen molar-refractivity contribution < 1.29 is 21.7 Å². The van der Waals surface area contributed by atoms with Gasteiger partial charge in [0.25, 0.3) is 10.0 Å². The zero-order valence-electron chi connectivity index (χ0n) is 10.0. The number of hydrogen-bond acceptors (Lipinski definition) is 5. The van der Waals surface area contributed by atoms with Crippen molar-refractivity contribution >= 4 is 20.0 Å². The van der Waals surface area contributed by atoms with Crippen LogP contribution in [0.5, 0.6) is 0 Å². The molecule has 0 amide bonds. The van der Waals surface area contributed by atoms with Gasteiger partial charge in [0.15, 0.2) is 0 Å². The first-order valence-corrected chi connectivity index (χ1v) is 8.59. The Labute approximate surface area is 112 Å². The highest BCUT2D eigenvalue weighted by atomic mass is 32.2. The highest BCUT2D eigenvalue weighted by molar-refractivity contribution is 7.90. The highest BCUT2D eigenvalue weighted by Crippen LogP contribution is 2.21. The van der Waals surface area contributed by atoms with Crippen LogP contribution in [0.15, 0.2) is 34.1 Å². The van der Waals surface area contributed by atoms with Gasteiger partial charge in [0.1, 0.15) is 0 Å². The van der Waals surface area contributed by atoms with Crippen LogP contribution in [0.4, 0.5) is 0 Å². The van der Waals surface area contributed by atoms with E-state index in [9.17, 15) is 16.8 Å². The fourth-order valence-corrected chi connectivity index (χ4v) is 3.67. The summed E-state index contributed by atoms with van der Waals surface area (Å²) in [5, 5.41) is 4.98. The van der Waals surface area contributed by atoms with E-state index in [1.54, 1.807) is 0 Å². The second kappa shape index (κ2) is 5.17. The summed E-state index contributed by atoms with van der Waals surface area (Å²) in [6, 6.07) is 4.91. The largest absolute Gasteiger partial charge is 0.284 e. The fraction of sp³-hybridized carbons (Fsp3) is 0.400. The topological polar surface area (TPSA) is 107 Å². The molecule has 1 aromatic rings. The zero-order chi connectivity index (χ0) is 14.1. The molecule has 1 fully saturated rings. The van der Waals surface area contributed by atoms with Gasteiger partial charge >= 0.3 is 0 Å². The van der Waals surface area contributed by atoms with Crippen molar-refractivity contribution in [2.24, 2.45) is 5.14 Å². The third-order valence-corrected chi connectivity index (χ3v) is 5.26. The molecule has 7 nitrogen and oxygen atoms in total. The van der Waals surface area contributed by atoms with Crippen molar-refractivity contribution in [1.82, 2.24) is 4.47 Å². The molecule has 0 spiro atoms. The first-order chi connectivity index (χ1) is 8.82. The van der Waals surface area contributed by atoms with E-state index < -0.39 is 20.0 Å². The minimum atomic E-state index is -3.94. The highest BCUT2D eigenvalue weighted by Gasteiger charge is 2.28. The molecule has 9 heteroatoms. The second-order valence-electron chi connectivity index (χ2n) is 4.09. The number of hydroxylamine groups is 1. The van der Waals surface area contributed by atoms with E-state index in [1.165, 1.54) is 18.2 Å². The summed E-state index contributed by atoms with van der Waals surface area (Å²) in [6.07, 6.45) is 1.50. The number of rotatable bonds is 3. The molecule has 0 aliphatic carbocycles. The predicted octanol–water partition coefficient (Wildman–Crippen LogP) is 0.0501. The molecule has 0 saturated carbocycles. The second-order valence-corrected chi connectivity index (χ2v) is 7.48. The molecule has 2 N–H and O–H groups in total. The number of hydrogen-bond donors (Lipinski definition) is 1. The third-order valence-electron chi connectivity index (χ3n) is 2.67. The summed E-state index contributed by atoms with van der Waals surface area (Å²) >= 11 is 0. The summed E-state index contributed by atoms with van der Waals surface area (Å²) < 4.78 is 47.8. The minimum absolute atomic E-state index is 0.152. The van der Waals surface area contributed by atoms with Gasteiger partial charge in [-0.1, -0.05) is 10.5 Å². The average Bonchev–Trinajstić information content (AvgIpc) is 2.39. The van der Waals surface area contributed by atoms with Crippen LogP contribution in [0.3, 0.4) is 0 Å². The van der Waals surface area contributed by atoms with Crippen molar-refractivity contribution in [3.63, 3.8) is 0 Å². The lowest BCUT2D eigenvalue weighted by atomic mass is 10.3. The number of nitrogens with zero attached hydrogens (tertiary/aromatic N) is 1. The lowest BCUT2D eigenvalue weighted by Gasteiger charge is -2.25. The summed E-state index contributed by atoms with van der Waals surface area (Å²) in [5.41, 5.74) is 0. The molecule has 1 aliphatic heterocycles. The Balaban J connectivity index is 2.41. The Hall–Kier alpha value is -1.00. The van der Waals surface area contributed by atoms with E-state index in [4.69, 9.17) is 9.98 Å². The van der Waals surface area contributed by atoms with Gasteiger partial charge in [-0.05, 0) is 31.0 Å². The van der Waals surface area contributed by atoms with Crippen molar-refractivity contribution in [3.8, 4) is 0 Å². The van der Waals surface area contributed by atoms with Crippen LogP contribution >= 0.6 is 0 Å². The monoisotopic (exact) mass is 306 g/mol. The molecule has 1 heterocycles. The van der Waals surface area contributed by atoms with Crippen LogP contribution in [0.2, 0.25) is 0 Å². The molecule has 0 atom stereocenters. The molecule has 0 unspecified atom stereocenters. The fourth-order valence-electron chi connectivity index (χ4n) is 1.69. The summed E-state index contributed by atoms with van der Waals surface area (Å²) in [7, 11) is -7.79. The summed E-state index contributed by atoms with van der Waals surface area (Å²) in [4.78, 5) is 4.69. The molecule has 1 saturated heterocycles. The summed E-state index contributed by atoms with van der Waals surface area (Å²) in [6.45, 7) is 0.579. The molecular weight excluding hydrogens is 292 g/mol. The van der Waals surface area contributed by atoms with Gasteiger partial charge in [-0.2, -0.15) is 0 Å². The molecule has 19 heavy (non-hydrogen) atoms. The Morgan fingerprint density at radius 1 is 1.11 bits per heavy atom. The van der Waals surface area contributed by atoms with Crippen LogP contribution in [0, 0.1) is 0 Å². The molecular formula is C10H14N2O5S2. The van der Waals surface area contributed by atoms with Gasteiger partial charge in [-0.25, -0.2) is 22.0 Å². The van der Waals surface area contributed by atoms with Crippen LogP contribution in [-0.2, 0) is 24.9 Å². The van der Waals surface area contributed by atoms with Gasteiger partial charge in [-0.3, -0.25) is 4.84 Å². The first kappa shape index (κ1) is 14.4. The van der Waals surface area contributed by atoms with Gasteiger partial charge in [0.2, 0.25) is 10.0 Å². The lowest BCUT2D eigenvalue weighted by Crippen LogP contribution is -2.35. The average molecular weight is 306 g/mol. The maximum atomic E-state index is 12.2. The van der Waals surface area contributed by atoms with E-state index in [2.05, 4.69) is 0 Å². The molecule has 0 aromatic heterocycles. The molecule has 2 rings (SSSR count). The number of nitrogens with two attached hydrogens (primary N) is 1. The smallest absolute Gasteiger partial charge is 0.265 e. The normalized spacial score (nSPS) is 18.4. The third kappa shape index (κ3) is 3.12. The van der Waals surface area contributed by atoms with Crippen molar-refractivity contribution in [2.75, 3.05) is 13.2 Å². The van der Waals surface area contributed by atoms with E-state index in [0.29, 0.717) is 13.0 Å². The molecule has 106 valence electrons. The van der Waals surface area contributed by atoms with Crippen LogP contribution in [0.25, 0.3) is 0 Å². The van der Waals surface area contributed by atoms with E-state index in [1.807, 2.05) is 0 Å². The lowest BCUT2D eigenvalue weighted by molar-refractivity contribution is -0.108. The SMILES string of the molecule is NS(=O)(=O)c1cccc(S(=O)(=O)N2CCCCO2)c1. The molecule has 0 bridgehead atoms. The Morgan fingerprint density at radius 3 is 2.37 bits per heavy atom. The van der Waals surface area contributed by atoms with Crippen LogP contribution < -0.4 is 5.14 Å². The molecule has 0 radical (unpaired) electrons. The van der Waals surface area contributed by atoms with Crippen LogP contribution in [0.1, 0.15) is 12.8 Å². The zero-order valence-corrected chi connectivity index (χ0v) is 11.7. The van der Waals surface area contributed by atoms with Gasteiger partial charge in [0, 0.05) is 6.54 Å². The van der Waals surface area contributed by atoms with Gasteiger partial charge in [0.05, 0.1) is 16.4 Å². The first-order valence-electron chi connectivity index (χ1n) is 5.60. The predicted molar refractivity (Wildman–Crippen MR) is 66.9 cm³/mol. The standard InChI is InChI=1S/C10H14N2O5S2/c11-18(13,14)9-4-3-5-10(8-9)19(15,16)12-6-1-2-7-17-12/h3-5,8H,1-2,6-7H2,(H2,11,13,14). The summed E-state index contributed by atoms with van der Waals surface area (Å²) in [5.74, 6) is 0. The van der Waals surface area contributed by atoms with E-state index in [-0.39, 0.29) is 16.3 Å². The van der Waals surface area contributed by atoms with E-state index >= 15 is 0 Å². The quantitative estimate of drug-likeness (QED) is 0.849.